The fourth-order valence-electron chi connectivity index (χ4n) is 8.53. The maximum absolute atomic E-state index is 6.73. The molecule has 4 heterocycles. The van der Waals surface area contributed by atoms with Crippen LogP contribution in [0.15, 0.2) is 84.4 Å². The molecule has 60 heavy (non-hydrogen) atoms. The summed E-state index contributed by atoms with van der Waals surface area (Å²) in [6.07, 6.45) is 12.6. The number of hydrogen-bond donors (Lipinski definition) is 1. The molecule has 3 atom stereocenters. The van der Waals surface area contributed by atoms with E-state index < -0.39 is 0 Å². The van der Waals surface area contributed by atoms with E-state index in [1.807, 2.05) is 12.4 Å². The topological polar surface area (TPSA) is 70.9 Å². The van der Waals surface area contributed by atoms with Gasteiger partial charge in [-0.15, -0.1) is 0 Å². The van der Waals surface area contributed by atoms with Gasteiger partial charge in [-0.25, -0.2) is 9.98 Å². The number of aliphatic imine (C=N–C) groups is 1. The van der Waals surface area contributed by atoms with Gasteiger partial charge < -0.3 is 28.8 Å². The van der Waals surface area contributed by atoms with E-state index in [0.29, 0.717) is 23.8 Å². The Balaban J connectivity index is 0.00000114. The second kappa shape index (κ2) is 20.3. The summed E-state index contributed by atoms with van der Waals surface area (Å²) in [6, 6.07) is 16.1. The Morgan fingerprint density at radius 2 is 1.73 bits per heavy atom. The molecule has 8 heteroatoms. The lowest BCUT2D eigenvalue weighted by molar-refractivity contribution is 0.0651. The van der Waals surface area contributed by atoms with Gasteiger partial charge in [0.1, 0.15) is 17.4 Å². The zero-order valence-corrected chi connectivity index (χ0v) is 38.6. The number of ether oxygens (including phenoxy) is 2. The molecular formula is C52H74N6O2. The van der Waals surface area contributed by atoms with Gasteiger partial charge in [0.25, 0.3) is 0 Å². The normalized spacial score (nSPS) is 19.1. The van der Waals surface area contributed by atoms with Crippen molar-refractivity contribution in [2.75, 3.05) is 19.8 Å². The highest BCUT2D eigenvalue weighted by Crippen LogP contribution is 2.45. The highest BCUT2D eigenvalue weighted by atomic mass is 16.5. The molecule has 2 fully saturated rings. The summed E-state index contributed by atoms with van der Waals surface area (Å²) in [5, 5.41) is 1.20. The van der Waals surface area contributed by atoms with Gasteiger partial charge in [-0.3, -0.25) is 0 Å². The third kappa shape index (κ3) is 10.8. The van der Waals surface area contributed by atoms with Gasteiger partial charge in [0.15, 0.2) is 6.23 Å². The van der Waals surface area contributed by atoms with Crippen LogP contribution in [-0.2, 0) is 11.3 Å². The van der Waals surface area contributed by atoms with Crippen molar-refractivity contribution in [3.8, 4) is 28.3 Å². The van der Waals surface area contributed by atoms with Crippen molar-refractivity contribution in [1.82, 2.24) is 24.3 Å². The summed E-state index contributed by atoms with van der Waals surface area (Å²) >= 11 is 0. The minimum atomic E-state index is -0.0954. The molecule has 1 aliphatic carbocycles. The zero-order valence-electron chi connectivity index (χ0n) is 38.6. The lowest BCUT2D eigenvalue weighted by atomic mass is 9.94. The molecule has 324 valence electrons. The van der Waals surface area contributed by atoms with E-state index in [2.05, 4.69) is 144 Å². The van der Waals surface area contributed by atoms with Crippen molar-refractivity contribution < 1.29 is 9.47 Å². The molecule has 1 unspecified atom stereocenters. The van der Waals surface area contributed by atoms with Gasteiger partial charge in [-0.05, 0) is 118 Å². The third-order valence-electron chi connectivity index (χ3n) is 12.5. The van der Waals surface area contributed by atoms with E-state index in [-0.39, 0.29) is 6.23 Å². The summed E-state index contributed by atoms with van der Waals surface area (Å²) < 4.78 is 14.7. The van der Waals surface area contributed by atoms with Gasteiger partial charge in [-0.1, -0.05) is 87.1 Å². The molecule has 0 amide bonds. The smallest absolute Gasteiger partial charge is 0.176 e. The van der Waals surface area contributed by atoms with Crippen LogP contribution in [0, 0.1) is 23.7 Å². The number of allylic oxidation sites excluding steroid dienone is 3. The van der Waals surface area contributed by atoms with Crippen molar-refractivity contribution in [3.05, 3.63) is 90.8 Å². The van der Waals surface area contributed by atoms with E-state index in [4.69, 9.17) is 19.5 Å². The molecule has 2 aliphatic heterocycles. The van der Waals surface area contributed by atoms with E-state index in [9.17, 15) is 0 Å². The summed E-state index contributed by atoms with van der Waals surface area (Å²) in [7, 11) is 0. The highest BCUT2D eigenvalue weighted by molar-refractivity contribution is 5.92. The molecule has 0 radical (unpaired) electrons. The number of aromatic amines is 1. The number of benzene rings is 2. The standard InChI is InChI=1S/C47H62N6O2.C5H12/c1-10-18-51(33(7)21-30(3)4)29-46-49-28-41(50-46)38-12-14-40-44-25-39-24-37(13-15-42(39)53(44)47(11-2)55-45(40)26-38)32(6)27-48-35(9)52(43-22-31(43)5)34(8)23-36-16-19-54-20-17-36;1-4-5(2)3/h12-15,24-28,30-31,36,43,47H,7-8,10-11,16-23,29H2,1-6,9H3,(H,49,50);5H,4H2,1-3H3/b32-27+,48-35?;/t31-,43+,47?;/m0./s1. The lowest BCUT2D eigenvalue weighted by Gasteiger charge is -2.30. The van der Waals surface area contributed by atoms with Gasteiger partial charge >= 0.3 is 0 Å². The van der Waals surface area contributed by atoms with Crippen molar-refractivity contribution in [2.24, 2.45) is 28.7 Å². The van der Waals surface area contributed by atoms with Gasteiger partial charge in [-0.2, -0.15) is 0 Å². The molecule has 2 aromatic heterocycles. The zero-order chi connectivity index (χ0) is 43.1. The largest absolute Gasteiger partial charge is 0.469 e. The van der Waals surface area contributed by atoms with Crippen molar-refractivity contribution >= 4 is 22.3 Å². The number of nitrogens with zero attached hydrogens (tertiary/aromatic N) is 5. The quantitative estimate of drug-likeness (QED) is 0.0901. The van der Waals surface area contributed by atoms with Crippen LogP contribution in [0.5, 0.6) is 5.75 Å². The monoisotopic (exact) mass is 815 g/mol. The van der Waals surface area contributed by atoms with Crippen LogP contribution in [0.2, 0.25) is 0 Å². The Kier molecular flexibility index (Phi) is 15.2. The van der Waals surface area contributed by atoms with Gasteiger partial charge in [0.05, 0.1) is 29.6 Å². The number of hydrogen-bond acceptors (Lipinski definition) is 5. The minimum absolute atomic E-state index is 0.0954. The van der Waals surface area contributed by atoms with E-state index in [1.54, 1.807) is 0 Å². The number of rotatable bonds is 16. The molecule has 0 bridgehead atoms. The van der Waals surface area contributed by atoms with Crippen LogP contribution < -0.4 is 4.74 Å². The highest BCUT2D eigenvalue weighted by Gasteiger charge is 2.40. The predicted molar refractivity (Wildman–Crippen MR) is 253 cm³/mol. The Bertz CT molecular complexity index is 2150. The first-order valence-electron chi connectivity index (χ1n) is 23.0. The second-order valence-corrected chi connectivity index (χ2v) is 18.5. The van der Waals surface area contributed by atoms with Crippen LogP contribution >= 0.6 is 0 Å². The number of aromatic nitrogens is 3. The molecule has 1 N–H and O–H groups in total. The fourth-order valence-corrected chi connectivity index (χ4v) is 8.53. The summed E-state index contributed by atoms with van der Waals surface area (Å²) in [4.78, 5) is 18.2. The Labute approximate surface area is 361 Å². The predicted octanol–water partition coefficient (Wildman–Crippen LogP) is 13.6. The van der Waals surface area contributed by atoms with Crippen molar-refractivity contribution in [2.45, 2.75) is 139 Å². The molecule has 7 rings (SSSR count). The average molecular weight is 815 g/mol. The fraction of sp³-hybridized carbons (Fsp3) is 0.538. The van der Waals surface area contributed by atoms with E-state index >= 15 is 0 Å². The molecule has 0 spiro atoms. The van der Waals surface area contributed by atoms with E-state index in [0.717, 1.165) is 111 Å². The number of imidazole rings is 1. The molecule has 1 saturated carbocycles. The first-order chi connectivity index (χ1) is 28.8. The number of amidine groups is 1. The van der Waals surface area contributed by atoms with Crippen LogP contribution in [-0.4, -0.2) is 56.0 Å². The maximum Gasteiger partial charge on any atom is 0.176 e. The average Bonchev–Trinajstić information content (AvgIpc) is 3.56. The van der Waals surface area contributed by atoms with Crippen LogP contribution in [0.25, 0.3) is 39.0 Å². The van der Waals surface area contributed by atoms with Crippen molar-refractivity contribution in [1.29, 1.82) is 0 Å². The minimum Gasteiger partial charge on any atom is -0.469 e. The summed E-state index contributed by atoms with van der Waals surface area (Å²) in [5.41, 5.74) is 10.2. The second-order valence-electron chi connectivity index (χ2n) is 18.5. The summed E-state index contributed by atoms with van der Waals surface area (Å²) in [6.45, 7) is 34.5. The molecule has 1 saturated heterocycles. The maximum atomic E-state index is 6.73. The number of fused-ring (bicyclic) bond motifs is 5. The Morgan fingerprint density at radius 3 is 2.38 bits per heavy atom. The molecule has 8 nitrogen and oxygen atoms in total. The van der Waals surface area contributed by atoms with Crippen molar-refractivity contribution in [3.63, 3.8) is 0 Å². The number of nitrogens with one attached hydrogen (secondary N) is 1. The molecule has 4 aromatic rings. The number of H-pyrrole nitrogens is 1. The summed E-state index contributed by atoms with van der Waals surface area (Å²) in [5.74, 6) is 5.66. The Morgan fingerprint density at radius 1 is 1.00 bits per heavy atom. The first-order valence-corrected chi connectivity index (χ1v) is 23.0. The van der Waals surface area contributed by atoms with E-state index in [1.165, 1.54) is 46.4 Å². The SMILES string of the molecule is C=C(CC(C)C)N(CCC)Cc1ncc(-c2ccc3c(c2)OC(CC)n2c-3cc3cc(/C(C)=C/N=C(C)N(C(=C)CC4CCOCC4)[C@@H]4C[C@@H]4C)ccc32)[nH]1.CCC(C)C. The molecule has 2 aromatic carbocycles. The molecule has 3 aliphatic rings. The van der Waals surface area contributed by atoms with Crippen LogP contribution in [0.1, 0.15) is 138 Å². The van der Waals surface area contributed by atoms with Gasteiger partial charge in [0, 0.05) is 66.3 Å². The van der Waals surface area contributed by atoms with Gasteiger partial charge in [0.2, 0.25) is 0 Å². The lowest BCUT2D eigenvalue weighted by Crippen LogP contribution is -2.32. The third-order valence-corrected chi connectivity index (χ3v) is 12.5. The molecular weight excluding hydrogens is 741 g/mol. The first kappa shape index (κ1) is 45.0. The van der Waals surface area contributed by atoms with Crippen LogP contribution in [0.3, 0.4) is 0 Å². The van der Waals surface area contributed by atoms with Crippen LogP contribution in [0.4, 0.5) is 0 Å². The Hall–Kier alpha value is -4.56.